The minimum Gasteiger partial charge on any atom is -0.493 e. The Bertz CT molecular complexity index is 924. The van der Waals surface area contributed by atoms with Crippen LogP contribution in [0, 0.1) is 0 Å². The van der Waals surface area contributed by atoms with Gasteiger partial charge in [0.05, 0.1) is 13.2 Å². The van der Waals surface area contributed by atoms with Crippen molar-refractivity contribution in [3.8, 4) is 11.5 Å². The second-order valence-electron chi connectivity index (χ2n) is 8.00. The largest absolute Gasteiger partial charge is 0.493 e. The zero-order valence-corrected chi connectivity index (χ0v) is 18.9. The molecule has 0 aliphatic carbocycles. The Hall–Kier alpha value is -3.26. The van der Waals surface area contributed by atoms with Crippen LogP contribution in [0.15, 0.2) is 42.5 Å². The molecule has 1 fully saturated rings. The van der Waals surface area contributed by atoms with E-state index in [1.165, 1.54) is 7.11 Å². The lowest BCUT2D eigenvalue weighted by atomic mass is 10.1. The first-order valence-corrected chi connectivity index (χ1v) is 10.6. The Morgan fingerprint density at radius 1 is 1.12 bits per heavy atom. The van der Waals surface area contributed by atoms with Crippen LogP contribution >= 0.6 is 0 Å². The van der Waals surface area contributed by atoms with Crippen molar-refractivity contribution in [2.45, 2.75) is 25.5 Å². The van der Waals surface area contributed by atoms with Crippen molar-refractivity contribution in [2.75, 3.05) is 45.9 Å². The van der Waals surface area contributed by atoms with E-state index in [1.54, 1.807) is 23.1 Å². The molecule has 8 nitrogen and oxygen atoms in total. The summed E-state index contributed by atoms with van der Waals surface area (Å²) in [7, 11) is 5.47. The molecule has 1 atom stereocenters. The van der Waals surface area contributed by atoms with Crippen molar-refractivity contribution < 1.29 is 23.8 Å². The lowest BCUT2D eigenvalue weighted by Crippen LogP contribution is -2.37. The Balaban J connectivity index is 1.81. The topological polar surface area (TPSA) is 94.3 Å². The molecule has 1 aliphatic rings. The standard InChI is InChI=1S/C24H31N3O5/c1-26(2)19-9-6-17(7-10-19)14-27(15-20-5-4-12-31-20)24(29)18-8-11-21(22(13-18)30-3)32-16-23(25)28/h6-11,13,20H,4-5,12,14-16H2,1-3H3,(H2,25,28). The molecule has 172 valence electrons. The maximum atomic E-state index is 13.4. The van der Waals surface area contributed by atoms with Crippen LogP contribution in [0.1, 0.15) is 28.8 Å². The van der Waals surface area contributed by atoms with Gasteiger partial charge < -0.3 is 29.7 Å². The molecule has 1 aliphatic heterocycles. The van der Waals surface area contributed by atoms with Gasteiger partial charge in [-0.3, -0.25) is 9.59 Å². The van der Waals surface area contributed by atoms with Gasteiger partial charge in [0, 0.05) is 45.0 Å². The predicted octanol–water partition coefficient (Wildman–Crippen LogP) is 2.45. The van der Waals surface area contributed by atoms with E-state index in [0.29, 0.717) is 30.2 Å². The highest BCUT2D eigenvalue weighted by atomic mass is 16.5. The fourth-order valence-corrected chi connectivity index (χ4v) is 3.62. The van der Waals surface area contributed by atoms with Crippen molar-refractivity contribution in [2.24, 2.45) is 5.73 Å². The highest BCUT2D eigenvalue weighted by molar-refractivity contribution is 5.95. The second-order valence-corrected chi connectivity index (χ2v) is 8.00. The average Bonchev–Trinajstić information content (AvgIpc) is 3.30. The molecule has 32 heavy (non-hydrogen) atoms. The molecule has 8 heteroatoms. The Morgan fingerprint density at radius 2 is 1.88 bits per heavy atom. The molecular weight excluding hydrogens is 410 g/mol. The van der Waals surface area contributed by atoms with E-state index < -0.39 is 5.91 Å². The van der Waals surface area contributed by atoms with Crippen LogP contribution in [0.5, 0.6) is 11.5 Å². The summed E-state index contributed by atoms with van der Waals surface area (Å²) in [5.74, 6) is 0.00414. The lowest BCUT2D eigenvalue weighted by molar-refractivity contribution is -0.119. The number of anilines is 1. The average molecular weight is 442 g/mol. The van der Waals surface area contributed by atoms with Crippen LogP contribution in [0.2, 0.25) is 0 Å². The fourth-order valence-electron chi connectivity index (χ4n) is 3.62. The second kappa shape index (κ2) is 10.9. The van der Waals surface area contributed by atoms with Crippen LogP contribution in [-0.2, 0) is 16.1 Å². The van der Waals surface area contributed by atoms with Gasteiger partial charge in [0.2, 0.25) is 0 Å². The zero-order chi connectivity index (χ0) is 23.1. The molecule has 1 saturated heterocycles. The Morgan fingerprint density at radius 3 is 2.47 bits per heavy atom. The van der Waals surface area contributed by atoms with Crippen LogP contribution < -0.4 is 20.1 Å². The summed E-state index contributed by atoms with van der Waals surface area (Å²) in [5.41, 5.74) is 7.75. The number of primary amides is 1. The molecule has 2 aromatic carbocycles. The minimum absolute atomic E-state index is 0.0278. The third-order valence-electron chi connectivity index (χ3n) is 5.34. The van der Waals surface area contributed by atoms with E-state index in [2.05, 4.69) is 0 Å². The maximum absolute atomic E-state index is 13.4. The molecule has 1 heterocycles. The molecule has 0 aromatic heterocycles. The first-order chi connectivity index (χ1) is 15.4. The maximum Gasteiger partial charge on any atom is 0.255 e. The summed E-state index contributed by atoms with van der Waals surface area (Å²) in [4.78, 5) is 28.3. The molecule has 2 N–H and O–H groups in total. The van der Waals surface area contributed by atoms with Crippen molar-refractivity contribution in [3.63, 3.8) is 0 Å². The number of ether oxygens (including phenoxy) is 3. The highest BCUT2D eigenvalue weighted by Gasteiger charge is 2.24. The number of benzene rings is 2. The van der Waals surface area contributed by atoms with E-state index in [0.717, 1.165) is 30.7 Å². The van der Waals surface area contributed by atoms with Crippen molar-refractivity contribution in [1.29, 1.82) is 0 Å². The van der Waals surface area contributed by atoms with Gasteiger partial charge in [-0.15, -0.1) is 0 Å². The number of nitrogens with zero attached hydrogens (tertiary/aromatic N) is 2. The van der Waals surface area contributed by atoms with E-state index >= 15 is 0 Å². The molecular formula is C24H31N3O5. The van der Waals surface area contributed by atoms with Crippen LogP contribution in [0.25, 0.3) is 0 Å². The Labute approximate surface area is 188 Å². The number of carbonyl (C=O) groups excluding carboxylic acids is 2. The first-order valence-electron chi connectivity index (χ1n) is 10.6. The summed E-state index contributed by atoms with van der Waals surface area (Å²) in [6, 6.07) is 13.1. The summed E-state index contributed by atoms with van der Waals surface area (Å²) < 4.78 is 16.5. The van der Waals surface area contributed by atoms with E-state index in [-0.39, 0.29) is 18.6 Å². The van der Waals surface area contributed by atoms with E-state index in [9.17, 15) is 9.59 Å². The third-order valence-corrected chi connectivity index (χ3v) is 5.34. The molecule has 3 rings (SSSR count). The number of carbonyl (C=O) groups is 2. The molecule has 0 saturated carbocycles. The van der Waals surface area contributed by atoms with Crippen LogP contribution in [0.4, 0.5) is 5.69 Å². The predicted molar refractivity (Wildman–Crippen MR) is 122 cm³/mol. The summed E-state index contributed by atoms with van der Waals surface area (Å²) in [6.45, 7) is 1.44. The number of amides is 2. The highest BCUT2D eigenvalue weighted by Crippen LogP contribution is 2.29. The van der Waals surface area contributed by atoms with Gasteiger partial charge in [-0.2, -0.15) is 0 Å². The number of rotatable bonds is 10. The monoisotopic (exact) mass is 441 g/mol. The quantitative estimate of drug-likeness (QED) is 0.609. The van der Waals surface area contributed by atoms with E-state index in [1.807, 2.05) is 43.3 Å². The summed E-state index contributed by atoms with van der Waals surface area (Å²) >= 11 is 0. The molecule has 0 radical (unpaired) electrons. The molecule has 2 aromatic rings. The van der Waals surface area contributed by atoms with Gasteiger partial charge in [-0.05, 0) is 48.7 Å². The summed E-state index contributed by atoms with van der Waals surface area (Å²) in [5, 5.41) is 0. The first kappa shape index (κ1) is 23.4. The van der Waals surface area contributed by atoms with Crippen molar-refractivity contribution in [3.05, 3.63) is 53.6 Å². The van der Waals surface area contributed by atoms with Crippen molar-refractivity contribution >= 4 is 17.5 Å². The van der Waals surface area contributed by atoms with Gasteiger partial charge in [-0.1, -0.05) is 12.1 Å². The molecule has 1 unspecified atom stereocenters. The van der Waals surface area contributed by atoms with Crippen LogP contribution in [-0.4, -0.2) is 63.8 Å². The number of hydrogen-bond donors (Lipinski definition) is 1. The van der Waals surface area contributed by atoms with Gasteiger partial charge >= 0.3 is 0 Å². The summed E-state index contributed by atoms with van der Waals surface area (Å²) in [6.07, 6.45) is 1.97. The number of nitrogens with two attached hydrogens (primary N) is 1. The lowest BCUT2D eigenvalue weighted by Gasteiger charge is -2.26. The van der Waals surface area contributed by atoms with Gasteiger partial charge in [0.1, 0.15) is 0 Å². The third kappa shape index (κ3) is 6.13. The normalized spacial score (nSPS) is 15.3. The SMILES string of the molecule is COc1cc(C(=O)N(Cc2ccc(N(C)C)cc2)CC2CCCO2)ccc1OCC(N)=O. The Kier molecular flexibility index (Phi) is 7.94. The molecule has 0 bridgehead atoms. The van der Waals surface area contributed by atoms with Crippen LogP contribution in [0.3, 0.4) is 0 Å². The zero-order valence-electron chi connectivity index (χ0n) is 18.9. The fraction of sp³-hybridized carbons (Fsp3) is 0.417. The van der Waals surface area contributed by atoms with Gasteiger partial charge in [0.15, 0.2) is 18.1 Å². The minimum atomic E-state index is -0.588. The number of hydrogen-bond acceptors (Lipinski definition) is 6. The molecule has 2 amide bonds. The smallest absolute Gasteiger partial charge is 0.255 e. The van der Waals surface area contributed by atoms with E-state index in [4.69, 9.17) is 19.9 Å². The van der Waals surface area contributed by atoms with Gasteiger partial charge in [-0.25, -0.2) is 0 Å². The van der Waals surface area contributed by atoms with Crippen molar-refractivity contribution in [1.82, 2.24) is 4.90 Å². The number of methoxy groups -OCH3 is 1. The van der Waals surface area contributed by atoms with Gasteiger partial charge in [0.25, 0.3) is 11.8 Å². The molecule has 0 spiro atoms.